The summed E-state index contributed by atoms with van der Waals surface area (Å²) in [5.41, 5.74) is 3.31. The second kappa shape index (κ2) is 8.85. The average Bonchev–Trinajstić information content (AvgIpc) is 2.76. The molecule has 4 rings (SSSR count). The van der Waals surface area contributed by atoms with Gasteiger partial charge in [-0.15, -0.1) is 0 Å². The van der Waals surface area contributed by atoms with Crippen molar-refractivity contribution < 1.29 is 24.2 Å². The van der Waals surface area contributed by atoms with Crippen LogP contribution in [0.5, 0.6) is 11.5 Å². The van der Waals surface area contributed by atoms with Gasteiger partial charge in [-0.2, -0.15) is 0 Å². The number of hydrogen-bond donors (Lipinski definition) is 1. The van der Waals surface area contributed by atoms with Crippen LogP contribution in [0.3, 0.4) is 0 Å². The predicted molar refractivity (Wildman–Crippen MR) is 125 cm³/mol. The summed E-state index contributed by atoms with van der Waals surface area (Å²) < 4.78 is 11.0. The highest BCUT2D eigenvalue weighted by Crippen LogP contribution is 2.48. The zero-order chi connectivity index (χ0) is 23.8. The lowest BCUT2D eigenvalue weighted by atomic mass is 9.67. The van der Waals surface area contributed by atoms with Gasteiger partial charge in [0.15, 0.2) is 17.3 Å². The number of esters is 1. The summed E-state index contributed by atoms with van der Waals surface area (Å²) in [7, 11) is 1.47. The van der Waals surface area contributed by atoms with Gasteiger partial charge in [-0.05, 0) is 42.0 Å². The summed E-state index contributed by atoms with van der Waals surface area (Å²) in [6.07, 6.45) is 1.04. The van der Waals surface area contributed by atoms with Crippen LogP contribution in [-0.4, -0.2) is 29.7 Å². The normalized spacial score (nSPS) is 21.8. The molecule has 1 heterocycles. The molecular weight excluding hydrogens is 418 g/mol. The second-order valence-corrected chi connectivity index (χ2v) is 9.53. The Hall–Kier alpha value is -3.41. The van der Waals surface area contributed by atoms with Crippen LogP contribution in [0.15, 0.2) is 64.8 Å². The van der Waals surface area contributed by atoms with Crippen LogP contribution in [0.1, 0.15) is 50.7 Å². The van der Waals surface area contributed by atoms with Gasteiger partial charge >= 0.3 is 5.97 Å². The Morgan fingerprint density at radius 2 is 1.88 bits per heavy atom. The number of allylic oxidation sites excluding steroid dienone is 2. The van der Waals surface area contributed by atoms with E-state index in [-0.39, 0.29) is 29.3 Å². The van der Waals surface area contributed by atoms with Gasteiger partial charge in [0.1, 0.15) is 12.5 Å². The van der Waals surface area contributed by atoms with Crippen molar-refractivity contribution in [2.75, 3.05) is 7.11 Å². The summed E-state index contributed by atoms with van der Waals surface area (Å²) in [5, 5.41) is 10.1. The lowest BCUT2D eigenvalue weighted by Crippen LogP contribution is -2.39. The second-order valence-electron chi connectivity index (χ2n) is 9.53. The molecule has 6 nitrogen and oxygen atoms in total. The number of ether oxygens (including phenoxy) is 2. The van der Waals surface area contributed by atoms with Crippen molar-refractivity contribution in [3.8, 4) is 11.5 Å². The number of phenolic OH excluding ortho intramolecular Hbond substituents is 1. The molecule has 0 saturated carbocycles. The Morgan fingerprint density at radius 3 is 2.58 bits per heavy atom. The molecule has 0 amide bonds. The van der Waals surface area contributed by atoms with E-state index in [0.29, 0.717) is 29.7 Å². The number of Topliss-reactive ketones (excluding diaryl/α,β-unsaturated/α-hetero) is 1. The minimum absolute atomic E-state index is 0.00374. The number of aromatic hydroxyl groups is 1. The maximum Gasteiger partial charge on any atom is 0.315 e. The lowest BCUT2D eigenvalue weighted by molar-refractivity contribution is -0.148. The maximum absolute atomic E-state index is 13.4. The molecule has 0 radical (unpaired) electrons. The minimum atomic E-state index is -0.744. The molecule has 2 aliphatic rings. The molecule has 0 fully saturated rings. The van der Waals surface area contributed by atoms with Gasteiger partial charge in [0.2, 0.25) is 0 Å². The molecule has 0 saturated heterocycles. The van der Waals surface area contributed by atoms with Gasteiger partial charge in [-0.1, -0.05) is 50.2 Å². The highest BCUT2D eigenvalue weighted by molar-refractivity contribution is 6.09. The van der Waals surface area contributed by atoms with Crippen molar-refractivity contribution in [1.82, 2.24) is 0 Å². The number of aliphatic imine (C=N–C) groups is 1. The van der Waals surface area contributed by atoms with Crippen molar-refractivity contribution in [2.45, 2.75) is 46.1 Å². The van der Waals surface area contributed by atoms with Gasteiger partial charge in [0.25, 0.3) is 0 Å². The van der Waals surface area contributed by atoms with E-state index >= 15 is 0 Å². The smallest absolute Gasteiger partial charge is 0.315 e. The fourth-order valence-electron chi connectivity index (χ4n) is 4.82. The summed E-state index contributed by atoms with van der Waals surface area (Å²) in [6.45, 7) is 6.06. The van der Waals surface area contributed by atoms with Gasteiger partial charge < -0.3 is 14.6 Å². The summed E-state index contributed by atoms with van der Waals surface area (Å²) in [4.78, 5) is 31.5. The van der Waals surface area contributed by atoms with Crippen LogP contribution >= 0.6 is 0 Å². The number of carbonyl (C=O) groups is 2. The van der Waals surface area contributed by atoms with E-state index in [0.717, 1.165) is 11.3 Å². The van der Waals surface area contributed by atoms with E-state index in [2.05, 4.69) is 13.8 Å². The first-order chi connectivity index (χ1) is 15.7. The number of nitrogens with zero attached hydrogens (tertiary/aromatic N) is 1. The van der Waals surface area contributed by atoms with Gasteiger partial charge in [0, 0.05) is 29.3 Å². The molecule has 1 aliphatic heterocycles. The average molecular weight is 448 g/mol. The molecule has 1 unspecified atom stereocenters. The third-order valence-corrected chi connectivity index (χ3v) is 6.34. The molecule has 1 N–H and O–H groups in total. The number of benzene rings is 2. The number of ketones is 1. The number of hydrogen-bond acceptors (Lipinski definition) is 6. The first kappa shape index (κ1) is 22.8. The largest absolute Gasteiger partial charge is 0.504 e. The predicted octanol–water partition coefficient (Wildman–Crippen LogP) is 4.96. The molecule has 0 aromatic heterocycles. The zero-order valence-electron chi connectivity index (χ0n) is 19.4. The number of rotatable bonds is 5. The first-order valence-corrected chi connectivity index (χ1v) is 11.1. The van der Waals surface area contributed by atoms with Crippen LogP contribution < -0.4 is 4.74 Å². The third kappa shape index (κ3) is 4.56. The van der Waals surface area contributed by atoms with Crippen molar-refractivity contribution in [1.29, 1.82) is 0 Å². The van der Waals surface area contributed by atoms with Crippen LogP contribution in [0.2, 0.25) is 0 Å². The molecule has 6 heteroatoms. The van der Waals surface area contributed by atoms with Crippen molar-refractivity contribution in [3.05, 3.63) is 70.9 Å². The Bertz CT molecular complexity index is 1150. The molecule has 33 heavy (non-hydrogen) atoms. The highest BCUT2D eigenvalue weighted by Gasteiger charge is 2.46. The SMILES string of the molecule is COc1cc([C@@H]2C3=C(CC(C)(C)CC3=O)N=C(C)C2C(=O)OCc2ccccc2)ccc1O. The van der Waals surface area contributed by atoms with E-state index in [4.69, 9.17) is 14.5 Å². The van der Waals surface area contributed by atoms with Crippen molar-refractivity contribution in [3.63, 3.8) is 0 Å². The van der Waals surface area contributed by atoms with Crippen molar-refractivity contribution in [2.24, 2.45) is 16.3 Å². The number of methoxy groups -OCH3 is 1. The van der Waals surface area contributed by atoms with E-state index in [1.165, 1.54) is 13.2 Å². The third-order valence-electron chi connectivity index (χ3n) is 6.34. The monoisotopic (exact) mass is 447 g/mol. The molecule has 2 atom stereocenters. The van der Waals surface area contributed by atoms with Crippen molar-refractivity contribution >= 4 is 17.5 Å². The Labute approximate surface area is 194 Å². The number of phenols is 1. The van der Waals surface area contributed by atoms with Gasteiger partial charge in [-0.3, -0.25) is 14.6 Å². The summed E-state index contributed by atoms with van der Waals surface area (Å²) in [6, 6.07) is 14.4. The Balaban J connectivity index is 1.76. The van der Waals surface area contributed by atoms with E-state index in [9.17, 15) is 14.7 Å². The fraction of sp³-hybridized carbons (Fsp3) is 0.370. The molecule has 0 bridgehead atoms. The van der Waals surface area contributed by atoms with Crippen LogP contribution in [0, 0.1) is 11.3 Å². The summed E-state index contributed by atoms with van der Waals surface area (Å²) in [5.74, 6) is -1.45. The Morgan fingerprint density at radius 1 is 1.15 bits per heavy atom. The topological polar surface area (TPSA) is 85.2 Å². The van der Waals surface area contributed by atoms with Gasteiger partial charge in [0.05, 0.1) is 7.11 Å². The highest BCUT2D eigenvalue weighted by atomic mass is 16.5. The van der Waals surface area contributed by atoms with Gasteiger partial charge in [-0.25, -0.2) is 0 Å². The standard InChI is InChI=1S/C27H29NO5/c1-16-23(26(31)33-15-17-8-6-5-7-9-17)24(18-10-11-20(29)22(12-18)32-4)25-19(28-16)13-27(2,3)14-21(25)30/h5-12,23-24,29H,13-15H2,1-4H3/t23?,24-/m0/s1. The van der Waals surface area contributed by atoms with E-state index < -0.39 is 17.8 Å². The molecule has 2 aromatic rings. The lowest BCUT2D eigenvalue weighted by Gasteiger charge is -2.39. The van der Waals surface area contributed by atoms with Crippen LogP contribution in [0.25, 0.3) is 0 Å². The molecule has 2 aromatic carbocycles. The molecule has 172 valence electrons. The van der Waals surface area contributed by atoms with Crippen LogP contribution in [0.4, 0.5) is 0 Å². The minimum Gasteiger partial charge on any atom is -0.504 e. The van der Waals surface area contributed by atoms with E-state index in [1.54, 1.807) is 12.1 Å². The Kier molecular flexibility index (Phi) is 6.11. The molecular formula is C27H29NO5. The maximum atomic E-state index is 13.4. The quantitative estimate of drug-likeness (QED) is 0.655. The molecule has 1 aliphatic carbocycles. The summed E-state index contributed by atoms with van der Waals surface area (Å²) >= 11 is 0. The van der Waals surface area contributed by atoms with Crippen LogP contribution in [-0.2, 0) is 20.9 Å². The van der Waals surface area contributed by atoms with E-state index in [1.807, 2.05) is 37.3 Å². The number of carbonyl (C=O) groups excluding carboxylic acids is 2. The first-order valence-electron chi connectivity index (χ1n) is 11.1. The molecule has 0 spiro atoms. The zero-order valence-corrected chi connectivity index (χ0v) is 19.4. The fourth-order valence-corrected chi connectivity index (χ4v) is 4.82.